The second-order valence-corrected chi connectivity index (χ2v) is 4.72. The highest BCUT2D eigenvalue weighted by atomic mass is 15.2. The van der Waals surface area contributed by atoms with Gasteiger partial charge in [0.1, 0.15) is 6.04 Å². The fourth-order valence-corrected chi connectivity index (χ4v) is 2.15. The van der Waals surface area contributed by atoms with Crippen LogP contribution >= 0.6 is 0 Å². The smallest absolute Gasteiger partial charge is 0.106 e. The minimum Gasteiger partial charge on any atom is -0.315 e. The molecule has 2 unspecified atom stereocenters. The Morgan fingerprint density at radius 2 is 2.31 bits per heavy atom. The lowest BCUT2D eigenvalue weighted by Crippen LogP contribution is -2.53. The summed E-state index contributed by atoms with van der Waals surface area (Å²) in [6.45, 7) is 5.23. The van der Waals surface area contributed by atoms with Crippen molar-refractivity contribution in [3.05, 3.63) is 0 Å². The summed E-state index contributed by atoms with van der Waals surface area (Å²) in [5, 5.41) is 8.58. The minimum atomic E-state index is -0.346. The molecule has 0 aromatic heterocycles. The molecule has 2 N–H and O–H groups in total. The first-order valence-electron chi connectivity index (χ1n) is 4.83. The molecule has 0 aliphatic heterocycles. The van der Waals surface area contributed by atoms with Crippen LogP contribution in [-0.4, -0.2) is 30.6 Å². The van der Waals surface area contributed by atoms with E-state index >= 15 is 0 Å². The van der Waals surface area contributed by atoms with Gasteiger partial charge in [-0.3, -0.25) is 0 Å². The van der Waals surface area contributed by atoms with Crippen molar-refractivity contribution in [3.63, 3.8) is 0 Å². The molecule has 3 nitrogen and oxygen atoms in total. The maximum atomic E-state index is 8.58. The Morgan fingerprint density at radius 3 is 2.62 bits per heavy atom. The van der Waals surface area contributed by atoms with Gasteiger partial charge in [0.15, 0.2) is 0 Å². The van der Waals surface area contributed by atoms with Gasteiger partial charge in [-0.25, -0.2) is 0 Å². The summed E-state index contributed by atoms with van der Waals surface area (Å²) in [5.41, 5.74) is 5.98. The van der Waals surface area contributed by atoms with E-state index in [2.05, 4.69) is 31.9 Å². The Bertz CT molecular complexity index is 217. The average Bonchev–Trinajstić information content (AvgIpc) is 2.02. The SMILES string of the molecule is CN(CC(N)C#N)C1CCC1(C)C. The first-order valence-corrected chi connectivity index (χ1v) is 4.83. The van der Waals surface area contributed by atoms with Gasteiger partial charge in [-0.05, 0) is 25.3 Å². The molecule has 1 aliphatic rings. The van der Waals surface area contributed by atoms with E-state index in [-0.39, 0.29) is 6.04 Å². The highest BCUT2D eigenvalue weighted by Gasteiger charge is 2.40. The van der Waals surface area contributed by atoms with E-state index in [4.69, 9.17) is 11.0 Å². The highest BCUT2D eigenvalue weighted by Crippen LogP contribution is 2.42. The van der Waals surface area contributed by atoms with E-state index in [9.17, 15) is 0 Å². The van der Waals surface area contributed by atoms with E-state index in [1.165, 1.54) is 12.8 Å². The Hall–Kier alpha value is -0.590. The summed E-state index contributed by atoms with van der Waals surface area (Å²) >= 11 is 0. The van der Waals surface area contributed by atoms with Crippen LogP contribution in [-0.2, 0) is 0 Å². The second kappa shape index (κ2) is 3.65. The lowest BCUT2D eigenvalue weighted by atomic mass is 9.66. The quantitative estimate of drug-likeness (QED) is 0.705. The molecule has 74 valence electrons. The molecule has 1 fully saturated rings. The van der Waals surface area contributed by atoms with Gasteiger partial charge in [0.2, 0.25) is 0 Å². The number of nitrogens with zero attached hydrogens (tertiary/aromatic N) is 2. The zero-order valence-electron chi connectivity index (χ0n) is 8.75. The van der Waals surface area contributed by atoms with Gasteiger partial charge in [0.25, 0.3) is 0 Å². The predicted molar refractivity (Wildman–Crippen MR) is 53.0 cm³/mol. The fraction of sp³-hybridized carbons (Fsp3) is 0.900. The third-order valence-corrected chi connectivity index (χ3v) is 3.15. The van der Waals surface area contributed by atoms with Gasteiger partial charge in [-0.1, -0.05) is 13.8 Å². The van der Waals surface area contributed by atoms with E-state index in [0.717, 1.165) is 0 Å². The first-order chi connectivity index (χ1) is 5.97. The third-order valence-electron chi connectivity index (χ3n) is 3.15. The van der Waals surface area contributed by atoms with Crippen molar-refractivity contribution < 1.29 is 0 Å². The van der Waals surface area contributed by atoms with Crippen molar-refractivity contribution >= 4 is 0 Å². The summed E-state index contributed by atoms with van der Waals surface area (Å²) in [4.78, 5) is 2.22. The summed E-state index contributed by atoms with van der Waals surface area (Å²) < 4.78 is 0. The topological polar surface area (TPSA) is 53.0 Å². The van der Waals surface area contributed by atoms with Crippen LogP contribution in [0.2, 0.25) is 0 Å². The van der Waals surface area contributed by atoms with Crippen LogP contribution in [0.3, 0.4) is 0 Å². The molecule has 1 saturated carbocycles. The molecule has 0 amide bonds. The standard InChI is InChI=1S/C10H19N3/c1-10(2)5-4-9(10)13(3)7-8(12)6-11/h8-9H,4-5,7,12H2,1-3H3. The lowest BCUT2D eigenvalue weighted by Gasteiger charge is -2.49. The molecule has 13 heavy (non-hydrogen) atoms. The van der Waals surface area contributed by atoms with Crippen LogP contribution in [0.25, 0.3) is 0 Å². The Morgan fingerprint density at radius 1 is 1.69 bits per heavy atom. The molecule has 0 aromatic rings. The molecule has 3 heteroatoms. The van der Waals surface area contributed by atoms with Crippen molar-refractivity contribution in [3.8, 4) is 6.07 Å². The van der Waals surface area contributed by atoms with Crippen LogP contribution in [0.4, 0.5) is 0 Å². The molecule has 0 bridgehead atoms. The number of hydrogen-bond donors (Lipinski definition) is 1. The van der Waals surface area contributed by atoms with Gasteiger partial charge in [0.05, 0.1) is 6.07 Å². The van der Waals surface area contributed by atoms with E-state index in [1.54, 1.807) is 0 Å². The van der Waals surface area contributed by atoms with Crippen molar-refractivity contribution in [2.24, 2.45) is 11.1 Å². The molecule has 0 aromatic carbocycles. The van der Waals surface area contributed by atoms with Crippen molar-refractivity contribution in [2.45, 2.75) is 38.8 Å². The average molecular weight is 181 g/mol. The molecule has 1 aliphatic carbocycles. The van der Waals surface area contributed by atoms with E-state index in [1.807, 2.05) is 0 Å². The number of nitriles is 1. The maximum absolute atomic E-state index is 8.58. The van der Waals surface area contributed by atoms with Gasteiger partial charge in [-0.2, -0.15) is 5.26 Å². The predicted octanol–water partition coefficient (Wildman–Crippen LogP) is 0.958. The van der Waals surface area contributed by atoms with Crippen LogP contribution in [0.15, 0.2) is 0 Å². The lowest BCUT2D eigenvalue weighted by molar-refractivity contribution is 0.0154. The van der Waals surface area contributed by atoms with E-state index < -0.39 is 0 Å². The zero-order chi connectivity index (χ0) is 10.1. The molecule has 0 spiro atoms. The number of rotatable bonds is 3. The number of nitrogens with two attached hydrogens (primary N) is 1. The molecule has 1 rings (SSSR count). The van der Waals surface area contributed by atoms with E-state index in [0.29, 0.717) is 18.0 Å². The Labute approximate surface area is 80.5 Å². The van der Waals surface area contributed by atoms with Crippen molar-refractivity contribution in [1.29, 1.82) is 5.26 Å². The zero-order valence-corrected chi connectivity index (χ0v) is 8.75. The molecule has 2 atom stereocenters. The van der Waals surface area contributed by atoms with Gasteiger partial charge >= 0.3 is 0 Å². The fourth-order valence-electron chi connectivity index (χ4n) is 2.15. The summed E-state index contributed by atoms with van der Waals surface area (Å²) in [6, 6.07) is 2.32. The molecular formula is C10H19N3. The normalized spacial score (nSPS) is 27.8. The Balaban J connectivity index is 2.41. The summed E-state index contributed by atoms with van der Waals surface area (Å²) in [6.07, 6.45) is 2.52. The van der Waals surface area contributed by atoms with Crippen LogP contribution in [0, 0.1) is 16.7 Å². The Kier molecular flexibility index (Phi) is 2.94. The van der Waals surface area contributed by atoms with Gasteiger partial charge in [0, 0.05) is 12.6 Å². The second-order valence-electron chi connectivity index (χ2n) is 4.72. The largest absolute Gasteiger partial charge is 0.315 e. The molecule has 0 radical (unpaired) electrons. The highest BCUT2D eigenvalue weighted by molar-refractivity contribution is 4.97. The van der Waals surface area contributed by atoms with Gasteiger partial charge < -0.3 is 10.6 Å². The third kappa shape index (κ3) is 2.20. The summed E-state index contributed by atoms with van der Waals surface area (Å²) in [5.74, 6) is 0. The first kappa shape index (κ1) is 10.5. The van der Waals surface area contributed by atoms with Crippen molar-refractivity contribution in [2.75, 3.05) is 13.6 Å². The summed E-state index contributed by atoms with van der Waals surface area (Å²) in [7, 11) is 2.06. The van der Waals surface area contributed by atoms with Crippen molar-refractivity contribution in [1.82, 2.24) is 4.90 Å². The van der Waals surface area contributed by atoms with Crippen LogP contribution < -0.4 is 5.73 Å². The molecular weight excluding hydrogens is 162 g/mol. The molecule has 0 heterocycles. The van der Waals surface area contributed by atoms with Crippen LogP contribution in [0.1, 0.15) is 26.7 Å². The molecule has 0 saturated heterocycles. The minimum absolute atomic E-state index is 0.346. The number of hydrogen-bond acceptors (Lipinski definition) is 3. The maximum Gasteiger partial charge on any atom is 0.106 e. The van der Waals surface area contributed by atoms with Gasteiger partial charge in [-0.15, -0.1) is 0 Å². The number of likely N-dealkylation sites (N-methyl/N-ethyl adjacent to an activating group) is 1. The van der Waals surface area contributed by atoms with Crippen LogP contribution in [0.5, 0.6) is 0 Å². The monoisotopic (exact) mass is 181 g/mol.